The molecule has 0 aliphatic heterocycles. The highest BCUT2D eigenvalue weighted by molar-refractivity contribution is 7.09. The maximum Gasteiger partial charge on any atom is 0.223 e. The standard InChI is InChI=1S/C16H18ClNO2S/c1-11(9-14-3-2-8-21-14)18-16(20)10-15(19)12-4-6-13(17)7-5-12/h2-8,11,15,19H,9-10H2,1H3,(H,18,20). The summed E-state index contributed by atoms with van der Waals surface area (Å²) < 4.78 is 0. The second kappa shape index (κ2) is 7.59. The second-order valence-corrected chi connectivity index (χ2v) is 6.49. The monoisotopic (exact) mass is 323 g/mol. The zero-order valence-corrected chi connectivity index (χ0v) is 13.3. The van der Waals surface area contributed by atoms with Crippen molar-refractivity contribution < 1.29 is 9.90 Å². The number of nitrogens with one attached hydrogen (secondary N) is 1. The van der Waals surface area contributed by atoms with Crippen LogP contribution in [0.5, 0.6) is 0 Å². The van der Waals surface area contributed by atoms with Crippen molar-refractivity contribution in [1.29, 1.82) is 0 Å². The normalized spacial score (nSPS) is 13.7. The number of thiophene rings is 1. The average molecular weight is 324 g/mol. The number of rotatable bonds is 6. The van der Waals surface area contributed by atoms with Gasteiger partial charge in [0.15, 0.2) is 0 Å². The van der Waals surface area contributed by atoms with Gasteiger partial charge in [-0.15, -0.1) is 11.3 Å². The van der Waals surface area contributed by atoms with Crippen molar-refractivity contribution in [3.05, 3.63) is 57.2 Å². The molecular weight excluding hydrogens is 306 g/mol. The third kappa shape index (κ3) is 5.16. The molecule has 21 heavy (non-hydrogen) atoms. The van der Waals surface area contributed by atoms with Crippen LogP contribution in [0.25, 0.3) is 0 Å². The summed E-state index contributed by atoms with van der Waals surface area (Å²) >= 11 is 7.48. The Morgan fingerprint density at radius 3 is 2.67 bits per heavy atom. The van der Waals surface area contributed by atoms with Gasteiger partial charge in [0.2, 0.25) is 5.91 Å². The van der Waals surface area contributed by atoms with E-state index in [1.54, 1.807) is 35.6 Å². The van der Waals surface area contributed by atoms with Crippen LogP contribution in [-0.4, -0.2) is 17.1 Å². The van der Waals surface area contributed by atoms with Gasteiger partial charge in [0.05, 0.1) is 12.5 Å². The smallest absolute Gasteiger partial charge is 0.223 e. The predicted molar refractivity (Wildman–Crippen MR) is 86.7 cm³/mol. The SMILES string of the molecule is CC(Cc1cccs1)NC(=O)CC(O)c1ccc(Cl)cc1. The molecule has 2 atom stereocenters. The molecule has 1 amide bonds. The Hall–Kier alpha value is -1.36. The number of hydrogen-bond acceptors (Lipinski definition) is 3. The fraction of sp³-hybridized carbons (Fsp3) is 0.312. The van der Waals surface area contributed by atoms with Gasteiger partial charge in [-0.2, -0.15) is 0 Å². The molecule has 0 spiro atoms. The van der Waals surface area contributed by atoms with Crippen molar-refractivity contribution in [1.82, 2.24) is 5.32 Å². The fourth-order valence-corrected chi connectivity index (χ4v) is 3.05. The molecule has 0 radical (unpaired) electrons. The van der Waals surface area contributed by atoms with Gasteiger partial charge in [0.1, 0.15) is 0 Å². The van der Waals surface area contributed by atoms with Gasteiger partial charge in [0.25, 0.3) is 0 Å². The molecule has 0 fully saturated rings. The van der Waals surface area contributed by atoms with Gasteiger partial charge in [-0.25, -0.2) is 0 Å². The Morgan fingerprint density at radius 1 is 1.33 bits per heavy atom. The maximum absolute atomic E-state index is 11.9. The number of amides is 1. The first-order chi connectivity index (χ1) is 10.0. The largest absolute Gasteiger partial charge is 0.388 e. The minimum Gasteiger partial charge on any atom is -0.388 e. The van der Waals surface area contributed by atoms with Crippen LogP contribution >= 0.6 is 22.9 Å². The van der Waals surface area contributed by atoms with Crippen molar-refractivity contribution in [2.75, 3.05) is 0 Å². The third-order valence-corrected chi connectivity index (χ3v) is 4.28. The van der Waals surface area contributed by atoms with E-state index in [2.05, 4.69) is 11.4 Å². The van der Waals surface area contributed by atoms with E-state index in [0.717, 1.165) is 6.42 Å². The van der Waals surface area contributed by atoms with Crippen molar-refractivity contribution in [3.63, 3.8) is 0 Å². The number of aliphatic hydroxyl groups is 1. The molecule has 0 aliphatic carbocycles. The first kappa shape index (κ1) is 16.0. The van der Waals surface area contributed by atoms with E-state index in [1.807, 2.05) is 18.4 Å². The molecular formula is C16H18ClNO2S. The van der Waals surface area contributed by atoms with Gasteiger partial charge >= 0.3 is 0 Å². The van der Waals surface area contributed by atoms with Crippen LogP contribution in [0.3, 0.4) is 0 Å². The number of halogens is 1. The summed E-state index contributed by atoms with van der Waals surface area (Å²) in [6.07, 6.45) is 0.0489. The van der Waals surface area contributed by atoms with Crippen molar-refractivity contribution in [2.24, 2.45) is 0 Å². The second-order valence-electron chi connectivity index (χ2n) is 5.02. The molecule has 5 heteroatoms. The molecule has 0 bridgehead atoms. The number of carbonyl (C=O) groups excluding carboxylic acids is 1. The molecule has 0 saturated carbocycles. The van der Waals surface area contributed by atoms with E-state index < -0.39 is 6.10 Å². The van der Waals surface area contributed by atoms with Crippen LogP contribution < -0.4 is 5.32 Å². The Morgan fingerprint density at radius 2 is 2.05 bits per heavy atom. The van der Waals surface area contributed by atoms with Crippen LogP contribution in [0.4, 0.5) is 0 Å². The lowest BCUT2D eigenvalue weighted by Crippen LogP contribution is -2.34. The van der Waals surface area contributed by atoms with Crippen LogP contribution in [0.2, 0.25) is 5.02 Å². The molecule has 2 N–H and O–H groups in total. The van der Waals surface area contributed by atoms with Gasteiger partial charge < -0.3 is 10.4 Å². The summed E-state index contributed by atoms with van der Waals surface area (Å²) in [5.74, 6) is -0.151. The van der Waals surface area contributed by atoms with Crippen LogP contribution in [0.1, 0.15) is 29.9 Å². The minimum atomic E-state index is -0.809. The zero-order valence-electron chi connectivity index (χ0n) is 11.8. The van der Waals surface area contributed by atoms with Gasteiger partial charge in [-0.3, -0.25) is 4.79 Å². The Balaban J connectivity index is 1.82. The lowest BCUT2D eigenvalue weighted by molar-refractivity contribution is -0.123. The lowest BCUT2D eigenvalue weighted by atomic mass is 10.1. The van der Waals surface area contributed by atoms with E-state index in [4.69, 9.17) is 11.6 Å². The number of hydrogen-bond donors (Lipinski definition) is 2. The summed E-state index contributed by atoms with van der Waals surface area (Å²) in [7, 11) is 0. The Bertz CT molecular complexity index is 568. The molecule has 1 aromatic heterocycles. The average Bonchev–Trinajstić information content (AvgIpc) is 2.91. The maximum atomic E-state index is 11.9. The van der Waals surface area contributed by atoms with Crippen molar-refractivity contribution in [3.8, 4) is 0 Å². The van der Waals surface area contributed by atoms with Crippen molar-refractivity contribution in [2.45, 2.75) is 31.9 Å². The van der Waals surface area contributed by atoms with Gasteiger partial charge in [-0.05, 0) is 36.1 Å². The van der Waals surface area contributed by atoms with Crippen LogP contribution in [0, 0.1) is 0 Å². The van der Waals surface area contributed by atoms with Gasteiger partial charge in [-0.1, -0.05) is 29.8 Å². The van der Waals surface area contributed by atoms with Crippen LogP contribution in [0.15, 0.2) is 41.8 Å². The van der Waals surface area contributed by atoms with E-state index in [1.165, 1.54) is 4.88 Å². The Kier molecular flexibility index (Phi) is 5.79. The molecule has 2 unspecified atom stereocenters. The van der Waals surface area contributed by atoms with E-state index in [9.17, 15) is 9.90 Å². The summed E-state index contributed by atoms with van der Waals surface area (Å²) in [5, 5.41) is 15.6. The highest BCUT2D eigenvalue weighted by Crippen LogP contribution is 2.19. The van der Waals surface area contributed by atoms with Crippen LogP contribution in [-0.2, 0) is 11.2 Å². The molecule has 2 aromatic rings. The first-order valence-corrected chi connectivity index (χ1v) is 8.05. The Labute approximate surface area is 133 Å². The summed E-state index contributed by atoms with van der Waals surface area (Å²) in [6, 6.07) is 11.0. The van der Waals surface area contributed by atoms with E-state index in [0.29, 0.717) is 10.6 Å². The molecule has 1 aromatic carbocycles. The quantitative estimate of drug-likeness (QED) is 0.853. The molecule has 0 saturated heterocycles. The predicted octanol–water partition coefficient (Wildman–Crippen LogP) is 3.57. The highest BCUT2D eigenvalue weighted by atomic mass is 35.5. The molecule has 3 nitrogen and oxygen atoms in total. The zero-order chi connectivity index (χ0) is 15.2. The number of carbonyl (C=O) groups is 1. The minimum absolute atomic E-state index is 0.0496. The molecule has 112 valence electrons. The number of benzene rings is 1. The number of aliphatic hydroxyl groups excluding tert-OH is 1. The summed E-state index contributed by atoms with van der Waals surface area (Å²) in [6.45, 7) is 1.96. The first-order valence-electron chi connectivity index (χ1n) is 6.80. The third-order valence-electron chi connectivity index (χ3n) is 3.13. The van der Waals surface area contributed by atoms with Crippen molar-refractivity contribution >= 4 is 28.8 Å². The molecule has 0 aliphatic rings. The summed E-state index contributed by atoms with van der Waals surface area (Å²) in [5.41, 5.74) is 0.695. The fourth-order valence-electron chi connectivity index (χ4n) is 2.09. The summed E-state index contributed by atoms with van der Waals surface area (Å²) in [4.78, 5) is 13.2. The lowest BCUT2D eigenvalue weighted by Gasteiger charge is -2.15. The molecule has 2 rings (SSSR count). The molecule has 1 heterocycles. The topological polar surface area (TPSA) is 49.3 Å². The van der Waals surface area contributed by atoms with E-state index in [-0.39, 0.29) is 18.4 Å². The van der Waals surface area contributed by atoms with Gasteiger partial charge in [0, 0.05) is 22.4 Å². The van der Waals surface area contributed by atoms with E-state index >= 15 is 0 Å². The highest BCUT2D eigenvalue weighted by Gasteiger charge is 2.15.